The van der Waals surface area contributed by atoms with Gasteiger partial charge in [-0.3, -0.25) is 19.5 Å². The number of benzene rings is 2. The van der Waals surface area contributed by atoms with Gasteiger partial charge >= 0.3 is 0 Å². The Kier molecular flexibility index (Phi) is 10.1. The molecular formula is C39H37BrN6O4. The third kappa shape index (κ3) is 6.90. The number of hydrogen-bond donors (Lipinski definition) is 0. The van der Waals surface area contributed by atoms with Crippen LogP contribution in [0.5, 0.6) is 11.5 Å². The van der Waals surface area contributed by atoms with Crippen molar-refractivity contribution in [2.24, 2.45) is 7.05 Å². The number of pyridine rings is 3. The number of carbonyl (C=O) groups excluding carboxylic acids is 1. The molecule has 1 atom stereocenters. The van der Waals surface area contributed by atoms with Gasteiger partial charge in [-0.2, -0.15) is 5.26 Å². The molecule has 0 bridgehead atoms. The fourth-order valence-corrected chi connectivity index (χ4v) is 7.04. The van der Waals surface area contributed by atoms with E-state index < -0.39 is 0 Å². The molecule has 0 aliphatic carbocycles. The third-order valence-electron chi connectivity index (χ3n) is 9.17. The Morgan fingerprint density at radius 2 is 1.86 bits per heavy atom. The first-order valence-electron chi connectivity index (χ1n) is 16.2. The number of methoxy groups -OCH3 is 2. The van der Waals surface area contributed by atoms with Crippen molar-refractivity contribution in [2.75, 3.05) is 27.8 Å². The molecule has 6 rings (SSSR count). The van der Waals surface area contributed by atoms with Crippen molar-refractivity contribution in [3.63, 3.8) is 0 Å². The Morgan fingerprint density at radius 3 is 2.56 bits per heavy atom. The monoisotopic (exact) mass is 732 g/mol. The van der Waals surface area contributed by atoms with Crippen molar-refractivity contribution in [1.29, 1.82) is 5.26 Å². The van der Waals surface area contributed by atoms with Gasteiger partial charge in [-0.15, -0.1) is 0 Å². The summed E-state index contributed by atoms with van der Waals surface area (Å²) in [6.07, 6.45) is 7.35. The molecule has 0 saturated heterocycles. The molecule has 0 radical (unpaired) electrons. The molecule has 11 heteroatoms. The zero-order valence-corrected chi connectivity index (χ0v) is 30.2. The van der Waals surface area contributed by atoms with Crippen molar-refractivity contribution in [3.8, 4) is 28.7 Å². The Bertz CT molecular complexity index is 2220. The molecule has 1 unspecified atom stereocenters. The maximum absolute atomic E-state index is 13.5. The van der Waals surface area contributed by atoms with E-state index in [1.165, 1.54) is 11.6 Å². The molecule has 0 spiro atoms. The minimum atomic E-state index is -0.299. The van der Waals surface area contributed by atoms with Crippen LogP contribution in [0.15, 0.2) is 88.2 Å². The van der Waals surface area contributed by atoms with E-state index in [2.05, 4.69) is 62.1 Å². The molecule has 1 amide bonds. The number of nitriles is 1. The Balaban J connectivity index is 1.20. The zero-order valence-electron chi connectivity index (χ0n) is 28.6. The number of hydrogen-bond acceptors (Lipinski definition) is 8. The van der Waals surface area contributed by atoms with E-state index in [0.717, 1.165) is 33.2 Å². The van der Waals surface area contributed by atoms with E-state index >= 15 is 0 Å². The van der Waals surface area contributed by atoms with Crippen LogP contribution in [0.2, 0.25) is 0 Å². The van der Waals surface area contributed by atoms with Crippen LogP contribution in [0.3, 0.4) is 0 Å². The standard InChI is InChI=1S/C39H37BrN6O4/c1-24-30-10-9-25(15-26(30)12-14-46(24)38(47)28(19-41)16-29-7-6-8-37(40)43-29)21-44(2)22-34-35(49-4)17-27(18-36(34)50-5)33-23-45(3)39(48)32-20-42-13-11-31(32)33/h6-11,13,15-18,20,23-24H,12,14,21-22H2,1-5H3/b28-16+. The number of ether oxygens (including phenoxy) is 2. The summed E-state index contributed by atoms with van der Waals surface area (Å²) in [6.45, 7) is 3.76. The van der Waals surface area contributed by atoms with Crippen molar-refractivity contribution in [1.82, 2.24) is 24.3 Å². The van der Waals surface area contributed by atoms with Crippen LogP contribution in [0.1, 0.15) is 40.9 Å². The minimum Gasteiger partial charge on any atom is -0.496 e. The van der Waals surface area contributed by atoms with Gasteiger partial charge in [0.1, 0.15) is 27.7 Å². The third-order valence-corrected chi connectivity index (χ3v) is 9.61. The maximum Gasteiger partial charge on any atom is 0.265 e. The van der Waals surface area contributed by atoms with E-state index in [1.807, 2.05) is 37.4 Å². The maximum atomic E-state index is 13.5. The van der Waals surface area contributed by atoms with Gasteiger partial charge in [-0.05, 0) is 100 Å². The van der Waals surface area contributed by atoms with E-state index in [9.17, 15) is 14.9 Å². The summed E-state index contributed by atoms with van der Waals surface area (Å²) in [5, 5.41) is 11.2. The lowest BCUT2D eigenvalue weighted by Crippen LogP contribution is -2.39. The molecular weight excluding hydrogens is 696 g/mol. The fourth-order valence-electron chi connectivity index (χ4n) is 6.68. The molecule has 0 fully saturated rings. The van der Waals surface area contributed by atoms with Crippen molar-refractivity contribution in [2.45, 2.75) is 32.5 Å². The number of aromatic nitrogens is 3. The average Bonchev–Trinajstić information content (AvgIpc) is 3.12. The van der Waals surface area contributed by atoms with Crippen LogP contribution >= 0.6 is 15.9 Å². The van der Waals surface area contributed by atoms with Crippen molar-refractivity contribution in [3.05, 3.63) is 122 Å². The van der Waals surface area contributed by atoms with E-state index in [1.54, 1.807) is 55.3 Å². The van der Waals surface area contributed by atoms with Gasteiger partial charge in [0.25, 0.3) is 11.5 Å². The van der Waals surface area contributed by atoms with Gasteiger partial charge in [0.05, 0.1) is 36.9 Å². The highest BCUT2D eigenvalue weighted by Crippen LogP contribution is 2.38. The second-order valence-electron chi connectivity index (χ2n) is 12.4. The molecule has 50 heavy (non-hydrogen) atoms. The molecule has 5 aromatic rings. The van der Waals surface area contributed by atoms with Crippen LogP contribution in [0.25, 0.3) is 28.0 Å². The first-order chi connectivity index (χ1) is 24.1. The molecule has 1 aliphatic rings. The Labute approximate surface area is 299 Å². The lowest BCUT2D eigenvalue weighted by Gasteiger charge is -2.35. The largest absolute Gasteiger partial charge is 0.496 e. The smallest absolute Gasteiger partial charge is 0.265 e. The highest BCUT2D eigenvalue weighted by molar-refractivity contribution is 9.10. The number of aryl methyl sites for hydroxylation is 1. The number of halogens is 1. The second kappa shape index (κ2) is 14.7. The molecule has 10 nitrogen and oxygen atoms in total. The molecule has 0 saturated carbocycles. The average molecular weight is 734 g/mol. The van der Waals surface area contributed by atoms with Crippen molar-refractivity contribution >= 4 is 38.7 Å². The van der Waals surface area contributed by atoms with Gasteiger partial charge in [0.15, 0.2) is 0 Å². The first kappa shape index (κ1) is 34.5. The lowest BCUT2D eigenvalue weighted by molar-refractivity contribution is -0.129. The highest BCUT2D eigenvalue weighted by atomic mass is 79.9. The Morgan fingerprint density at radius 1 is 1.10 bits per heavy atom. The normalized spacial score (nSPS) is 14.4. The summed E-state index contributed by atoms with van der Waals surface area (Å²) >= 11 is 3.34. The van der Waals surface area contributed by atoms with E-state index in [-0.39, 0.29) is 23.1 Å². The molecule has 2 aromatic carbocycles. The summed E-state index contributed by atoms with van der Waals surface area (Å²) in [5.41, 5.74) is 6.59. The summed E-state index contributed by atoms with van der Waals surface area (Å²) in [5.74, 6) is 1.08. The molecule has 0 N–H and O–H groups in total. The summed E-state index contributed by atoms with van der Waals surface area (Å²) < 4.78 is 14.0. The van der Waals surface area contributed by atoms with Crippen LogP contribution in [-0.4, -0.2) is 58.1 Å². The number of carbonyl (C=O) groups is 1. The van der Waals surface area contributed by atoms with Gasteiger partial charge in [0, 0.05) is 50.8 Å². The fraction of sp³-hybridized carbons (Fsp3) is 0.256. The number of rotatable bonds is 9. The summed E-state index contributed by atoms with van der Waals surface area (Å²) in [7, 11) is 7.09. The van der Waals surface area contributed by atoms with Crippen LogP contribution < -0.4 is 15.0 Å². The Hall–Kier alpha value is -5.31. The summed E-state index contributed by atoms with van der Waals surface area (Å²) in [4.78, 5) is 38.7. The zero-order chi connectivity index (χ0) is 35.5. The minimum absolute atomic E-state index is 0.0584. The number of nitrogens with zero attached hydrogens (tertiary/aromatic N) is 6. The molecule has 254 valence electrons. The molecule has 4 heterocycles. The van der Waals surface area contributed by atoms with E-state index in [0.29, 0.717) is 53.2 Å². The van der Waals surface area contributed by atoms with Gasteiger partial charge in [-0.25, -0.2) is 4.98 Å². The van der Waals surface area contributed by atoms with Crippen LogP contribution in [0, 0.1) is 11.3 Å². The van der Waals surface area contributed by atoms with Gasteiger partial charge < -0.3 is 18.9 Å². The van der Waals surface area contributed by atoms with Gasteiger partial charge in [0.2, 0.25) is 0 Å². The SMILES string of the molecule is COc1cc(-c2cn(C)c(=O)c3cnccc23)cc(OC)c1CN(C)Cc1ccc2c(c1)CCN(C(=O)/C(C#N)=C/c1cccc(Br)n1)C2C. The van der Waals surface area contributed by atoms with Crippen molar-refractivity contribution < 1.29 is 14.3 Å². The summed E-state index contributed by atoms with van der Waals surface area (Å²) in [6, 6.07) is 19.5. The number of amides is 1. The quantitative estimate of drug-likeness (QED) is 0.0965. The predicted octanol–water partition coefficient (Wildman–Crippen LogP) is 6.46. The van der Waals surface area contributed by atoms with E-state index in [4.69, 9.17) is 9.47 Å². The second-order valence-corrected chi connectivity index (χ2v) is 13.2. The predicted molar refractivity (Wildman–Crippen MR) is 196 cm³/mol. The number of fused-ring (bicyclic) bond motifs is 2. The topological polar surface area (TPSA) is 114 Å². The molecule has 3 aromatic heterocycles. The highest BCUT2D eigenvalue weighted by Gasteiger charge is 2.30. The van der Waals surface area contributed by atoms with Gasteiger partial charge in [-0.1, -0.05) is 24.3 Å². The van der Waals surface area contributed by atoms with Crippen LogP contribution in [-0.2, 0) is 31.4 Å². The lowest BCUT2D eigenvalue weighted by atomic mass is 9.91. The molecule has 1 aliphatic heterocycles. The van der Waals surface area contributed by atoms with Crippen LogP contribution in [0.4, 0.5) is 0 Å². The first-order valence-corrected chi connectivity index (χ1v) is 16.9.